The minimum atomic E-state index is -0.422. The number of benzene rings is 3. The Hall–Kier alpha value is -3.55. The quantitative estimate of drug-likeness (QED) is 0.414. The molecule has 0 atom stereocenters. The van der Waals surface area contributed by atoms with Crippen molar-refractivity contribution in [1.29, 1.82) is 0 Å². The van der Waals surface area contributed by atoms with E-state index in [1.807, 2.05) is 30.3 Å². The predicted octanol–water partition coefficient (Wildman–Crippen LogP) is 5.38. The van der Waals surface area contributed by atoms with Crippen LogP contribution in [0.15, 0.2) is 89.0 Å². The third-order valence-corrected chi connectivity index (χ3v) is 7.82. The summed E-state index contributed by atoms with van der Waals surface area (Å²) in [5, 5.41) is 7.21. The molecule has 0 bridgehead atoms. The lowest BCUT2D eigenvalue weighted by Crippen LogP contribution is -2.39. The summed E-state index contributed by atoms with van der Waals surface area (Å²) in [6.45, 7) is 1.93. The fraction of sp³-hybridized carbons (Fsp3) is 0.241. The minimum absolute atomic E-state index is 0.0815. The van der Waals surface area contributed by atoms with Gasteiger partial charge in [-0.2, -0.15) is 0 Å². The molecule has 1 N–H and O–H groups in total. The van der Waals surface area contributed by atoms with Gasteiger partial charge in [0.1, 0.15) is 5.04 Å². The molecule has 0 unspecified atom stereocenters. The highest BCUT2D eigenvalue weighted by molar-refractivity contribution is 8.16. The molecule has 0 radical (unpaired) electrons. The second-order valence-corrected chi connectivity index (χ2v) is 10.4. The van der Waals surface area contributed by atoms with Gasteiger partial charge in [0.05, 0.1) is 28.9 Å². The highest BCUT2D eigenvalue weighted by atomic mass is 32.2. The standard InChI is InChI=1S/C29H27N5OS/c1-34-14-12-29(13-15-34)32-27(23-11-10-20-6-2-3-7-21(20)16-23)28(33-29)36-19-26(35)31-24-17-22-8-4-5-9-25(22)30-18-24/h2-11,16-18H,12-15,19H2,1H3,(H,31,35). The summed E-state index contributed by atoms with van der Waals surface area (Å²) in [6, 6.07) is 24.6. The fourth-order valence-electron chi connectivity index (χ4n) is 4.82. The number of piperidine rings is 1. The Bertz CT molecular complexity index is 1520. The van der Waals surface area contributed by atoms with Gasteiger partial charge in [-0.25, -0.2) is 4.99 Å². The summed E-state index contributed by atoms with van der Waals surface area (Å²) in [4.78, 5) is 30.0. The number of nitrogens with zero attached hydrogens (tertiary/aromatic N) is 4. The maximum Gasteiger partial charge on any atom is 0.234 e. The first kappa shape index (κ1) is 22.9. The largest absolute Gasteiger partial charge is 0.324 e. The number of aliphatic imine (C=N–C) groups is 2. The first-order valence-electron chi connectivity index (χ1n) is 12.2. The van der Waals surface area contributed by atoms with Crippen molar-refractivity contribution in [1.82, 2.24) is 9.88 Å². The first-order valence-corrected chi connectivity index (χ1v) is 13.2. The van der Waals surface area contributed by atoms with Crippen molar-refractivity contribution in [3.05, 3.63) is 84.6 Å². The summed E-state index contributed by atoms with van der Waals surface area (Å²) in [5.74, 6) is 0.177. The van der Waals surface area contributed by atoms with E-state index in [1.54, 1.807) is 6.20 Å². The molecule has 180 valence electrons. The van der Waals surface area contributed by atoms with Crippen LogP contribution in [0.4, 0.5) is 5.69 Å². The van der Waals surface area contributed by atoms with E-state index in [0.29, 0.717) is 5.69 Å². The van der Waals surface area contributed by atoms with Crippen molar-refractivity contribution in [3.8, 4) is 0 Å². The van der Waals surface area contributed by atoms with E-state index in [0.717, 1.165) is 53.2 Å². The molecular formula is C29H27N5OS. The van der Waals surface area contributed by atoms with Crippen LogP contribution in [-0.4, -0.2) is 58.1 Å². The van der Waals surface area contributed by atoms with Crippen LogP contribution in [0.2, 0.25) is 0 Å². The van der Waals surface area contributed by atoms with Gasteiger partial charge in [0.2, 0.25) is 5.91 Å². The molecule has 3 aromatic carbocycles. The molecule has 1 saturated heterocycles. The third kappa shape index (κ3) is 4.64. The van der Waals surface area contributed by atoms with Crippen molar-refractivity contribution in [2.45, 2.75) is 18.5 Å². The zero-order valence-corrected chi connectivity index (χ0v) is 21.0. The summed E-state index contributed by atoms with van der Waals surface area (Å²) >= 11 is 1.46. The van der Waals surface area contributed by atoms with Gasteiger partial charge < -0.3 is 10.2 Å². The van der Waals surface area contributed by atoms with E-state index in [2.05, 4.69) is 64.7 Å². The van der Waals surface area contributed by atoms with Crippen molar-refractivity contribution in [3.63, 3.8) is 0 Å². The van der Waals surface area contributed by atoms with E-state index in [-0.39, 0.29) is 11.7 Å². The summed E-state index contributed by atoms with van der Waals surface area (Å²) in [6.07, 6.45) is 3.48. The average molecular weight is 494 g/mol. The molecule has 3 heterocycles. The maximum absolute atomic E-state index is 12.9. The molecule has 0 saturated carbocycles. The maximum atomic E-state index is 12.9. The average Bonchev–Trinajstić information content (AvgIpc) is 3.27. The zero-order valence-electron chi connectivity index (χ0n) is 20.1. The molecule has 1 aromatic heterocycles. The van der Waals surface area contributed by atoms with Crippen LogP contribution < -0.4 is 5.32 Å². The van der Waals surface area contributed by atoms with Gasteiger partial charge in [0.15, 0.2) is 5.66 Å². The Morgan fingerprint density at radius 3 is 2.53 bits per heavy atom. The Morgan fingerprint density at radius 1 is 0.944 bits per heavy atom. The Kier molecular flexibility index (Phi) is 6.03. The van der Waals surface area contributed by atoms with Gasteiger partial charge in [-0.15, -0.1) is 0 Å². The fourth-order valence-corrected chi connectivity index (χ4v) is 5.69. The number of thioether (sulfide) groups is 1. The lowest BCUT2D eigenvalue weighted by atomic mass is 9.99. The molecule has 6 nitrogen and oxygen atoms in total. The molecule has 1 amide bonds. The van der Waals surface area contributed by atoms with Gasteiger partial charge in [0, 0.05) is 36.9 Å². The molecule has 36 heavy (non-hydrogen) atoms. The van der Waals surface area contributed by atoms with Crippen molar-refractivity contribution >= 4 is 55.8 Å². The smallest absolute Gasteiger partial charge is 0.234 e. The van der Waals surface area contributed by atoms with Crippen LogP contribution in [0.3, 0.4) is 0 Å². The first-order chi connectivity index (χ1) is 17.6. The Morgan fingerprint density at radius 2 is 1.69 bits per heavy atom. The highest BCUT2D eigenvalue weighted by Gasteiger charge is 2.39. The molecule has 1 fully saturated rings. The second kappa shape index (κ2) is 9.48. The highest BCUT2D eigenvalue weighted by Crippen LogP contribution is 2.35. The van der Waals surface area contributed by atoms with Gasteiger partial charge in [-0.05, 0) is 36.0 Å². The lowest BCUT2D eigenvalue weighted by Gasteiger charge is -2.33. The van der Waals surface area contributed by atoms with E-state index in [1.165, 1.54) is 22.5 Å². The SMILES string of the molecule is CN1CCC2(CC1)N=C(SCC(=O)Nc1cnc3ccccc3c1)C(c1ccc3ccccc3c1)=N2. The molecule has 7 heteroatoms. The number of pyridine rings is 1. The number of likely N-dealkylation sites (tertiary alicyclic amines) is 1. The number of hydrogen-bond acceptors (Lipinski definition) is 6. The van der Waals surface area contributed by atoms with Crippen LogP contribution in [0, 0.1) is 0 Å². The number of fused-ring (bicyclic) bond motifs is 2. The van der Waals surface area contributed by atoms with Gasteiger partial charge in [-0.1, -0.05) is 66.4 Å². The van der Waals surface area contributed by atoms with E-state index >= 15 is 0 Å². The van der Waals surface area contributed by atoms with Crippen LogP contribution >= 0.6 is 11.8 Å². The van der Waals surface area contributed by atoms with Crippen LogP contribution in [0.5, 0.6) is 0 Å². The Labute approximate surface area is 214 Å². The van der Waals surface area contributed by atoms with Crippen LogP contribution in [0.25, 0.3) is 21.7 Å². The topological polar surface area (TPSA) is 70.0 Å². The molecular weight excluding hydrogens is 466 g/mol. The van der Waals surface area contributed by atoms with Crippen molar-refractivity contribution in [2.75, 3.05) is 31.2 Å². The van der Waals surface area contributed by atoms with Gasteiger partial charge >= 0.3 is 0 Å². The molecule has 2 aliphatic rings. The Balaban J connectivity index is 1.23. The van der Waals surface area contributed by atoms with E-state index in [4.69, 9.17) is 9.98 Å². The number of carbonyl (C=O) groups excluding carboxylic acids is 1. The number of para-hydroxylation sites is 1. The van der Waals surface area contributed by atoms with E-state index < -0.39 is 5.66 Å². The molecule has 0 aliphatic carbocycles. The number of aromatic nitrogens is 1. The monoisotopic (exact) mass is 493 g/mol. The van der Waals surface area contributed by atoms with Gasteiger partial charge in [-0.3, -0.25) is 14.8 Å². The number of amides is 1. The molecule has 1 spiro atoms. The second-order valence-electron chi connectivity index (χ2n) is 9.48. The molecule has 6 rings (SSSR count). The van der Waals surface area contributed by atoms with Crippen molar-refractivity contribution < 1.29 is 4.79 Å². The van der Waals surface area contributed by atoms with E-state index in [9.17, 15) is 4.79 Å². The molecule has 2 aliphatic heterocycles. The van der Waals surface area contributed by atoms with Crippen molar-refractivity contribution in [2.24, 2.45) is 9.98 Å². The normalized spacial score (nSPS) is 17.4. The summed E-state index contributed by atoms with van der Waals surface area (Å²) in [7, 11) is 2.14. The number of carbonyl (C=O) groups is 1. The third-order valence-electron chi connectivity index (χ3n) is 6.86. The van der Waals surface area contributed by atoms with Crippen LogP contribution in [-0.2, 0) is 4.79 Å². The number of anilines is 1. The summed E-state index contributed by atoms with van der Waals surface area (Å²) in [5.41, 5.74) is 3.13. The van der Waals surface area contributed by atoms with Crippen LogP contribution in [0.1, 0.15) is 18.4 Å². The number of nitrogens with one attached hydrogen (secondary N) is 1. The van der Waals surface area contributed by atoms with Gasteiger partial charge in [0.25, 0.3) is 0 Å². The predicted molar refractivity (Wildman–Crippen MR) is 150 cm³/mol. The summed E-state index contributed by atoms with van der Waals surface area (Å²) < 4.78 is 0. The minimum Gasteiger partial charge on any atom is -0.324 e. The number of hydrogen-bond donors (Lipinski definition) is 1. The number of rotatable bonds is 4. The lowest BCUT2D eigenvalue weighted by molar-refractivity contribution is -0.113. The molecule has 4 aromatic rings. The zero-order chi connectivity index (χ0) is 24.5.